The molecule has 1 aromatic carbocycles. The summed E-state index contributed by atoms with van der Waals surface area (Å²) in [5, 5.41) is 3.43. The average molecular weight is 274 g/mol. The van der Waals surface area contributed by atoms with E-state index in [1.165, 1.54) is 44.3 Å². The highest BCUT2D eigenvalue weighted by Gasteiger charge is 2.19. The lowest BCUT2D eigenvalue weighted by molar-refractivity contribution is 0.261. The Morgan fingerprint density at radius 3 is 3.15 bits per heavy atom. The Labute approximate surface area is 122 Å². The van der Waals surface area contributed by atoms with E-state index in [2.05, 4.69) is 35.3 Å². The van der Waals surface area contributed by atoms with Crippen molar-refractivity contribution in [2.45, 2.75) is 39.2 Å². The fourth-order valence-electron chi connectivity index (χ4n) is 3.39. The Morgan fingerprint density at radius 1 is 1.30 bits per heavy atom. The van der Waals surface area contributed by atoms with E-state index in [4.69, 9.17) is 4.74 Å². The monoisotopic (exact) mass is 274 g/mol. The van der Waals surface area contributed by atoms with Crippen LogP contribution in [0.1, 0.15) is 38.2 Å². The van der Waals surface area contributed by atoms with Gasteiger partial charge in [0.15, 0.2) is 0 Å². The standard InChI is InChI=1S/C17H26N2O/c1-2-14-5-4-10-19(11-8-14)13-15-6-3-7-16-17(15)20-12-9-18-16/h3,6-7,14,18H,2,4-5,8-13H2,1H3. The van der Waals surface area contributed by atoms with Gasteiger partial charge in [0.1, 0.15) is 12.4 Å². The predicted molar refractivity (Wildman–Crippen MR) is 83.3 cm³/mol. The third-order valence-corrected chi connectivity index (χ3v) is 4.67. The van der Waals surface area contributed by atoms with Crippen molar-refractivity contribution in [1.29, 1.82) is 0 Å². The number of hydrogen-bond donors (Lipinski definition) is 1. The van der Waals surface area contributed by atoms with E-state index in [0.717, 1.165) is 37.1 Å². The molecule has 0 radical (unpaired) electrons. The number of para-hydroxylation sites is 1. The van der Waals surface area contributed by atoms with E-state index >= 15 is 0 Å². The zero-order valence-corrected chi connectivity index (χ0v) is 12.5. The minimum Gasteiger partial charge on any atom is -0.489 e. The van der Waals surface area contributed by atoms with Gasteiger partial charge in [0.2, 0.25) is 0 Å². The van der Waals surface area contributed by atoms with Crippen LogP contribution >= 0.6 is 0 Å². The molecule has 0 bridgehead atoms. The van der Waals surface area contributed by atoms with E-state index in [9.17, 15) is 0 Å². The highest BCUT2D eigenvalue weighted by molar-refractivity contribution is 5.61. The smallest absolute Gasteiger partial charge is 0.146 e. The van der Waals surface area contributed by atoms with Crippen LogP contribution in [0, 0.1) is 5.92 Å². The van der Waals surface area contributed by atoms with Crippen LogP contribution in [0.25, 0.3) is 0 Å². The van der Waals surface area contributed by atoms with Crippen LogP contribution in [0.3, 0.4) is 0 Å². The Morgan fingerprint density at radius 2 is 2.25 bits per heavy atom. The zero-order valence-electron chi connectivity index (χ0n) is 12.5. The number of fused-ring (bicyclic) bond motifs is 1. The fourth-order valence-corrected chi connectivity index (χ4v) is 3.39. The molecule has 3 rings (SSSR count). The van der Waals surface area contributed by atoms with Crippen LogP contribution in [-0.4, -0.2) is 31.1 Å². The maximum atomic E-state index is 5.88. The van der Waals surface area contributed by atoms with Gasteiger partial charge in [-0.05, 0) is 44.3 Å². The molecule has 1 unspecified atom stereocenters. The lowest BCUT2D eigenvalue weighted by atomic mass is 9.98. The molecule has 2 aliphatic rings. The van der Waals surface area contributed by atoms with Crippen molar-refractivity contribution in [2.75, 3.05) is 31.6 Å². The molecule has 0 spiro atoms. The molecule has 1 atom stereocenters. The molecule has 0 aliphatic carbocycles. The Kier molecular flexibility index (Phi) is 4.46. The van der Waals surface area contributed by atoms with Crippen LogP contribution in [0.5, 0.6) is 5.75 Å². The molecule has 0 saturated carbocycles. The first-order chi connectivity index (χ1) is 9.86. The summed E-state index contributed by atoms with van der Waals surface area (Å²) in [6, 6.07) is 6.48. The van der Waals surface area contributed by atoms with Gasteiger partial charge in [0.25, 0.3) is 0 Å². The molecule has 3 nitrogen and oxygen atoms in total. The molecule has 20 heavy (non-hydrogen) atoms. The zero-order chi connectivity index (χ0) is 13.8. The maximum Gasteiger partial charge on any atom is 0.146 e. The second-order valence-corrected chi connectivity index (χ2v) is 6.05. The largest absolute Gasteiger partial charge is 0.489 e. The molecule has 110 valence electrons. The number of rotatable bonds is 3. The normalized spacial score (nSPS) is 23.4. The van der Waals surface area contributed by atoms with Gasteiger partial charge in [-0.2, -0.15) is 0 Å². The average Bonchev–Trinajstić information content (AvgIpc) is 2.73. The molecule has 1 aromatic rings. The van der Waals surface area contributed by atoms with E-state index in [1.807, 2.05) is 0 Å². The number of ether oxygens (including phenoxy) is 1. The number of likely N-dealkylation sites (tertiary alicyclic amines) is 1. The van der Waals surface area contributed by atoms with Crippen LogP contribution in [-0.2, 0) is 6.54 Å². The molecular weight excluding hydrogens is 248 g/mol. The van der Waals surface area contributed by atoms with Gasteiger partial charge < -0.3 is 10.1 Å². The van der Waals surface area contributed by atoms with Crippen molar-refractivity contribution >= 4 is 5.69 Å². The predicted octanol–water partition coefficient (Wildman–Crippen LogP) is 3.50. The molecule has 2 aliphatic heterocycles. The highest BCUT2D eigenvalue weighted by Crippen LogP contribution is 2.32. The summed E-state index contributed by atoms with van der Waals surface area (Å²) in [5.41, 5.74) is 2.50. The summed E-state index contributed by atoms with van der Waals surface area (Å²) in [4.78, 5) is 2.60. The Balaban J connectivity index is 1.68. The third kappa shape index (κ3) is 3.09. The van der Waals surface area contributed by atoms with Crippen molar-refractivity contribution in [3.63, 3.8) is 0 Å². The van der Waals surface area contributed by atoms with E-state index in [0.29, 0.717) is 0 Å². The van der Waals surface area contributed by atoms with Crippen molar-refractivity contribution in [2.24, 2.45) is 5.92 Å². The summed E-state index contributed by atoms with van der Waals surface area (Å²) >= 11 is 0. The number of nitrogens with one attached hydrogen (secondary N) is 1. The summed E-state index contributed by atoms with van der Waals surface area (Å²) in [6.07, 6.45) is 5.43. The minimum atomic E-state index is 0.780. The van der Waals surface area contributed by atoms with Gasteiger partial charge in [0.05, 0.1) is 5.69 Å². The molecule has 3 heteroatoms. The van der Waals surface area contributed by atoms with Gasteiger partial charge in [-0.25, -0.2) is 0 Å². The first-order valence-corrected chi connectivity index (χ1v) is 8.07. The van der Waals surface area contributed by atoms with Crippen molar-refractivity contribution in [3.8, 4) is 5.75 Å². The minimum absolute atomic E-state index is 0.780. The summed E-state index contributed by atoms with van der Waals surface area (Å²) in [5.74, 6) is 2.01. The lowest BCUT2D eigenvalue weighted by Crippen LogP contribution is -2.26. The quantitative estimate of drug-likeness (QED) is 0.913. The first kappa shape index (κ1) is 13.7. The van der Waals surface area contributed by atoms with Gasteiger partial charge >= 0.3 is 0 Å². The fraction of sp³-hybridized carbons (Fsp3) is 0.647. The van der Waals surface area contributed by atoms with E-state index < -0.39 is 0 Å². The van der Waals surface area contributed by atoms with Crippen LogP contribution < -0.4 is 10.1 Å². The van der Waals surface area contributed by atoms with Crippen molar-refractivity contribution in [1.82, 2.24) is 4.90 Å². The van der Waals surface area contributed by atoms with Gasteiger partial charge in [-0.1, -0.05) is 25.5 Å². The Hall–Kier alpha value is -1.22. The summed E-state index contributed by atoms with van der Waals surface area (Å²) < 4.78 is 5.88. The van der Waals surface area contributed by atoms with Crippen molar-refractivity contribution in [3.05, 3.63) is 23.8 Å². The summed E-state index contributed by atoms with van der Waals surface area (Å²) in [6.45, 7) is 7.51. The summed E-state index contributed by atoms with van der Waals surface area (Å²) in [7, 11) is 0. The van der Waals surface area contributed by atoms with Crippen LogP contribution in [0.2, 0.25) is 0 Å². The number of nitrogens with zero attached hydrogens (tertiary/aromatic N) is 1. The third-order valence-electron chi connectivity index (χ3n) is 4.67. The second kappa shape index (κ2) is 6.49. The lowest BCUT2D eigenvalue weighted by Gasteiger charge is -2.25. The molecule has 1 N–H and O–H groups in total. The maximum absolute atomic E-state index is 5.88. The SMILES string of the molecule is CCC1CCCN(Cc2cccc3c2OCCN3)CC1. The van der Waals surface area contributed by atoms with Gasteiger partial charge in [-0.15, -0.1) is 0 Å². The van der Waals surface area contributed by atoms with Gasteiger partial charge in [0, 0.05) is 18.7 Å². The Bertz CT molecular complexity index is 447. The van der Waals surface area contributed by atoms with E-state index in [-0.39, 0.29) is 0 Å². The molecule has 1 fully saturated rings. The second-order valence-electron chi connectivity index (χ2n) is 6.05. The topological polar surface area (TPSA) is 24.5 Å². The molecule has 0 amide bonds. The van der Waals surface area contributed by atoms with Crippen molar-refractivity contribution < 1.29 is 4.74 Å². The number of benzene rings is 1. The van der Waals surface area contributed by atoms with Crippen LogP contribution in [0.15, 0.2) is 18.2 Å². The number of anilines is 1. The molecule has 1 saturated heterocycles. The highest BCUT2D eigenvalue weighted by atomic mass is 16.5. The molecular formula is C17H26N2O. The first-order valence-electron chi connectivity index (χ1n) is 8.07. The molecule has 0 aromatic heterocycles. The number of hydrogen-bond acceptors (Lipinski definition) is 3. The van der Waals surface area contributed by atoms with Gasteiger partial charge in [-0.3, -0.25) is 4.90 Å². The molecule has 2 heterocycles. The van der Waals surface area contributed by atoms with E-state index in [1.54, 1.807) is 0 Å². The van der Waals surface area contributed by atoms with Crippen LogP contribution in [0.4, 0.5) is 5.69 Å².